The average molecular weight is 231 g/mol. The SMILES string of the molecule is Cc1cccc(C(=O)NCc2cn[nH]c2N)n1. The van der Waals surface area contributed by atoms with E-state index in [0.29, 0.717) is 18.1 Å². The summed E-state index contributed by atoms with van der Waals surface area (Å²) in [6.45, 7) is 2.17. The van der Waals surface area contributed by atoms with Gasteiger partial charge in [-0.2, -0.15) is 5.10 Å². The van der Waals surface area contributed by atoms with Gasteiger partial charge in [0.15, 0.2) is 0 Å². The lowest BCUT2D eigenvalue weighted by Gasteiger charge is -2.04. The molecule has 0 saturated heterocycles. The highest BCUT2D eigenvalue weighted by Crippen LogP contribution is 2.05. The number of aromatic amines is 1. The van der Waals surface area contributed by atoms with Crippen LogP contribution in [0.3, 0.4) is 0 Å². The molecule has 0 saturated carbocycles. The van der Waals surface area contributed by atoms with Crippen molar-refractivity contribution in [1.82, 2.24) is 20.5 Å². The predicted molar refractivity (Wildman–Crippen MR) is 63.1 cm³/mol. The first kappa shape index (κ1) is 11.1. The molecule has 0 fully saturated rings. The summed E-state index contributed by atoms with van der Waals surface area (Å²) >= 11 is 0. The molecule has 0 aliphatic heterocycles. The first-order valence-corrected chi connectivity index (χ1v) is 5.16. The first-order valence-electron chi connectivity index (χ1n) is 5.16. The summed E-state index contributed by atoms with van der Waals surface area (Å²) in [5.41, 5.74) is 7.56. The smallest absolute Gasteiger partial charge is 0.270 e. The normalized spacial score (nSPS) is 10.2. The van der Waals surface area contributed by atoms with Crippen LogP contribution in [0.1, 0.15) is 21.7 Å². The molecular formula is C11H13N5O. The molecule has 6 heteroatoms. The Morgan fingerprint density at radius 1 is 1.53 bits per heavy atom. The van der Waals surface area contributed by atoms with Crippen LogP contribution in [0.4, 0.5) is 5.82 Å². The molecule has 0 aromatic carbocycles. The number of H-pyrrole nitrogens is 1. The molecule has 88 valence electrons. The molecule has 2 heterocycles. The molecule has 0 aliphatic rings. The lowest BCUT2D eigenvalue weighted by molar-refractivity contribution is 0.0946. The third kappa shape index (κ3) is 2.60. The van der Waals surface area contributed by atoms with Crippen molar-refractivity contribution in [2.75, 3.05) is 5.73 Å². The number of carbonyl (C=O) groups is 1. The minimum Gasteiger partial charge on any atom is -0.384 e. The minimum atomic E-state index is -0.227. The number of carbonyl (C=O) groups excluding carboxylic acids is 1. The molecule has 0 spiro atoms. The standard InChI is InChI=1S/C11H13N5O/c1-7-3-2-4-9(15-7)11(17)13-5-8-6-14-16-10(8)12/h2-4,6H,5H2,1H3,(H,13,17)(H3,12,14,16). The van der Waals surface area contributed by atoms with Gasteiger partial charge in [-0.3, -0.25) is 9.89 Å². The van der Waals surface area contributed by atoms with Crippen LogP contribution in [0.25, 0.3) is 0 Å². The van der Waals surface area contributed by atoms with E-state index < -0.39 is 0 Å². The molecule has 0 radical (unpaired) electrons. The molecule has 0 aliphatic carbocycles. The van der Waals surface area contributed by atoms with Crippen LogP contribution in [0.15, 0.2) is 24.4 Å². The van der Waals surface area contributed by atoms with Gasteiger partial charge in [-0.05, 0) is 19.1 Å². The maximum atomic E-state index is 11.8. The molecule has 2 aromatic rings. The fraction of sp³-hybridized carbons (Fsp3) is 0.182. The number of nitrogen functional groups attached to an aromatic ring is 1. The fourth-order valence-corrected chi connectivity index (χ4v) is 1.40. The molecule has 0 bridgehead atoms. The minimum absolute atomic E-state index is 0.227. The molecule has 2 aromatic heterocycles. The van der Waals surface area contributed by atoms with Gasteiger partial charge in [-0.1, -0.05) is 6.07 Å². The average Bonchev–Trinajstić information content (AvgIpc) is 2.72. The summed E-state index contributed by atoms with van der Waals surface area (Å²) in [4.78, 5) is 15.9. The number of aromatic nitrogens is 3. The Morgan fingerprint density at radius 2 is 2.35 bits per heavy atom. The highest BCUT2D eigenvalue weighted by Gasteiger charge is 2.08. The predicted octanol–water partition coefficient (Wildman–Crippen LogP) is 0.625. The number of nitrogens with two attached hydrogens (primary N) is 1. The third-order valence-electron chi connectivity index (χ3n) is 2.31. The van der Waals surface area contributed by atoms with E-state index in [1.54, 1.807) is 18.3 Å². The van der Waals surface area contributed by atoms with Crippen molar-refractivity contribution < 1.29 is 4.79 Å². The lowest BCUT2D eigenvalue weighted by Crippen LogP contribution is -2.24. The van der Waals surface area contributed by atoms with E-state index in [0.717, 1.165) is 11.3 Å². The third-order valence-corrected chi connectivity index (χ3v) is 2.31. The number of aryl methyl sites for hydroxylation is 1. The first-order chi connectivity index (χ1) is 8.16. The summed E-state index contributed by atoms with van der Waals surface area (Å²) < 4.78 is 0. The number of nitrogens with zero attached hydrogens (tertiary/aromatic N) is 2. The van der Waals surface area contributed by atoms with E-state index >= 15 is 0 Å². The van der Waals surface area contributed by atoms with Crippen LogP contribution in [0, 0.1) is 6.92 Å². The zero-order valence-electron chi connectivity index (χ0n) is 9.40. The van der Waals surface area contributed by atoms with Crippen molar-refractivity contribution in [3.05, 3.63) is 41.3 Å². The Bertz CT molecular complexity index is 534. The number of hydrogen-bond donors (Lipinski definition) is 3. The van der Waals surface area contributed by atoms with E-state index in [4.69, 9.17) is 5.73 Å². The molecular weight excluding hydrogens is 218 g/mol. The number of hydrogen-bond acceptors (Lipinski definition) is 4. The Labute approximate surface area is 98.3 Å². The monoisotopic (exact) mass is 231 g/mol. The molecule has 1 amide bonds. The van der Waals surface area contributed by atoms with Crippen molar-refractivity contribution in [2.24, 2.45) is 0 Å². The second-order valence-electron chi connectivity index (χ2n) is 3.66. The molecule has 4 N–H and O–H groups in total. The van der Waals surface area contributed by atoms with Gasteiger partial charge < -0.3 is 11.1 Å². The van der Waals surface area contributed by atoms with E-state index in [9.17, 15) is 4.79 Å². The van der Waals surface area contributed by atoms with Gasteiger partial charge in [0, 0.05) is 17.8 Å². The molecule has 0 unspecified atom stereocenters. The van der Waals surface area contributed by atoms with Gasteiger partial charge in [-0.25, -0.2) is 4.98 Å². The second kappa shape index (κ2) is 4.65. The zero-order chi connectivity index (χ0) is 12.3. The van der Waals surface area contributed by atoms with Gasteiger partial charge in [0.05, 0.1) is 6.20 Å². The molecule has 6 nitrogen and oxygen atoms in total. The highest BCUT2D eigenvalue weighted by atomic mass is 16.1. The summed E-state index contributed by atoms with van der Waals surface area (Å²) in [5, 5.41) is 9.10. The van der Waals surface area contributed by atoms with Crippen molar-refractivity contribution in [3.8, 4) is 0 Å². The van der Waals surface area contributed by atoms with E-state index in [-0.39, 0.29) is 5.91 Å². The van der Waals surface area contributed by atoms with Gasteiger partial charge in [0.2, 0.25) is 0 Å². The molecule has 17 heavy (non-hydrogen) atoms. The van der Waals surface area contributed by atoms with E-state index in [1.165, 1.54) is 0 Å². The fourth-order valence-electron chi connectivity index (χ4n) is 1.40. The summed E-state index contributed by atoms with van der Waals surface area (Å²) in [6.07, 6.45) is 1.58. The largest absolute Gasteiger partial charge is 0.384 e. The van der Waals surface area contributed by atoms with Crippen molar-refractivity contribution in [3.63, 3.8) is 0 Å². The van der Waals surface area contributed by atoms with Crippen molar-refractivity contribution in [2.45, 2.75) is 13.5 Å². The Hall–Kier alpha value is -2.37. The maximum absolute atomic E-state index is 11.8. The Balaban J connectivity index is 2.01. The van der Waals surface area contributed by atoms with Crippen LogP contribution in [0.5, 0.6) is 0 Å². The van der Waals surface area contributed by atoms with Crippen LogP contribution in [0.2, 0.25) is 0 Å². The van der Waals surface area contributed by atoms with E-state index in [2.05, 4.69) is 20.5 Å². The summed E-state index contributed by atoms with van der Waals surface area (Å²) in [5.74, 6) is 0.233. The Kier molecular flexibility index (Phi) is 3.04. The maximum Gasteiger partial charge on any atom is 0.270 e. The lowest BCUT2D eigenvalue weighted by atomic mass is 10.3. The Morgan fingerprint density at radius 3 is 3.00 bits per heavy atom. The van der Waals surface area contributed by atoms with Crippen LogP contribution in [-0.4, -0.2) is 21.1 Å². The number of rotatable bonds is 3. The zero-order valence-corrected chi connectivity index (χ0v) is 9.40. The van der Waals surface area contributed by atoms with Gasteiger partial charge >= 0.3 is 0 Å². The van der Waals surface area contributed by atoms with Crippen molar-refractivity contribution >= 4 is 11.7 Å². The number of pyridine rings is 1. The number of nitrogens with one attached hydrogen (secondary N) is 2. The van der Waals surface area contributed by atoms with E-state index in [1.807, 2.05) is 13.0 Å². The van der Waals surface area contributed by atoms with Crippen LogP contribution >= 0.6 is 0 Å². The van der Waals surface area contributed by atoms with Crippen molar-refractivity contribution in [1.29, 1.82) is 0 Å². The van der Waals surface area contributed by atoms with Gasteiger partial charge in [0.25, 0.3) is 5.91 Å². The van der Waals surface area contributed by atoms with Crippen LogP contribution in [-0.2, 0) is 6.54 Å². The second-order valence-corrected chi connectivity index (χ2v) is 3.66. The van der Waals surface area contributed by atoms with Gasteiger partial charge in [-0.15, -0.1) is 0 Å². The molecule has 2 rings (SSSR count). The van der Waals surface area contributed by atoms with Crippen LogP contribution < -0.4 is 11.1 Å². The number of amides is 1. The molecule has 0 atom stereocenters. The quantitative estimate of drug-likeness (QED) is 0.721. The summed E-state index contributed by atoms with van der Waals surface area (Å²) in [6, 6.07) is 5.30. The van der Waals surface area contributed by atoms with Gasteiger partial charge in [0.1, 0.15) is 11.5 Å². The highest BCUT2D eigenvalue weighted by molar-refractivity contribution is 5.92. The number of anilines is 1. The topological polar surface area (TPSA) is 96.7 Å². The summed E-state index contributed by atoms with van der Waals surface area (Å²) in [7, 11) is 0.